The van der Waals surface area contributed by atoms with E-state index >= 15 is 0 Å². The number of anilines is 2. The highest BCUT2D eigenvalue weighted by Gasteiger charge is 2.50. The minimum atomic E-state index is 0.392. The lowest BCUT2D eigenvalue weighted by atomic mass is 9.49. The Labute approximate surface area is 107 Å². The Morgan fingerprint density at radius 3 is 2.28 bits per heavy atom. The summed E-state index contributed by atoms with van der Waals surface area (Å²) in [5, 5.41) is 10.1. The number of nitrogens with two attached hydrogens (primary N) is 1. The van der Waals surface area contributed by atoms with Gasteiger partial charge >= 0.3 is 0 Å². The molecule has 4 aliphatic rings. The molecular formula is C13H21N5. The van der Waals surface area contributed by atoms with Crippen LogP contribution in [-0.4, -0.2) is 21.7 Å². The maximum absolute atomic E-state index is 5.55. The molecule has 4 saturated carbocycles. The molecule has 4 bridgehead atoms. The average Bonchev–Trinajstić information content (AvgIpc) is 2.71. The Hall–Kier alpha value is -1.26. The van der Waals surface area contributed by atoms with Gasteiger partial charge in [-0.05, 0) is 61.7 Å². The number of nitrogens with zero attached hydrogens (tertiary/aromatic N) is 2. The Bertz CT molecular complexity index is 417. The molecule has 98 valence electrons. The fourth-order valence-electron chi connectivity index (χ4n) is 5.13. The largest absolute Gasteiger partial charge is 0.368 e. The maximum Gasteiger partial charge on any atom is 0.243 e. The van der Waals surface area contributed by atoms with Gasteiger partial charge in [-0.3, -0.25) is 0 Å². The molecule has 4 aliphatic carbocycles. The smallest absolute Gasteiger partial charge is 0.243 e. The van der Waals surface area contributed by atoms with Crippen molar-refractivity contribution < 1.29 is 0 Å². The molecule has 0 amide bonds. The standard InChI is InChI=1S/C13H21N5/c14-11-16-12(18-17-11)15-7-13-4-8-1-9(5-13)3-10(2-8)6-13/h8-10H,1-7H2,(H4,14,15,16,17,18). The molecule has 0 saturated heterocycles. The molecule has 5 rings (SSSR count). The lowest BCUT2D eigenvalue weighted by Crippen LogP contribution is -2.49. The van der Waals surface area contributed by atoms with Crippen LogP contribution in [0.25, 0.3) is 0 Å². The first kappa shape index (κ1) is 10.6. The molecule has 0 aromatic carbocycles. The molecule has 0 radical (unpaired) electrons. The van der Waals surface area contributed by atoms with Gasteiger partial charge in [0.25, 0.3) is 0 Å². The van der Waals surface area contributed by atoms with Crippen molar-refractivity contribution >= 4 is 11.9 Å². The summed E-state index contributed by atoms with van der Waals surface area (Å²) in [6, 6.07) is 0. The van der Waals surface area contributed by atoms with Gasteiger partial charge in [0, 0.05) is 6.54 Å². The summed E-state index contributed by atoms with van der Waals surface area (Å²) in [5.41, 5.74) is 6.06. The van der Waals surface area contributed by atoms with Crippen LogP contribution in [0, 0.1) is 23.2 Å². The van der Waals surface area contributed by atoms with E-state index in [-0.39, 0.29) is 0 Å². The number of aromatic nitrogens is 3. The minimum absolute atomic E-state index is 0.392. The van der Waals surface area contributed by atoms with Gasteiger partial charge in [-0.15, -0.1) is 5.10 Å². The van der Waals surface area contributed by atoms with Crippen LogP contribution in [0.3, 0.4) is 0 Å². The summed E-state index contributed by atoms with van der Waals surface area (Å²) in [6.45, 7) is 1.02. The third-order valence-corrected chi connectivity index (χ3v) is 5.29. The molecule has 1 aromatic rings. The maximum atomic E-state index is 5.55. The number of nitrogens with one attached hydrogen (secondary N) is 2. The van der Waals surface area contributed by atoms with Crippen LogP contribution in [0.4, 0.5) is 11.9 Å². The van der Waals surface area contributed by atoms with Gasteiger partial charge in [0.15, 0.2) is 0 Å². The summed E-state index contributed by atoms with van der Waals surface area (Å²) in [7, 11) is 0. The number of nitrogen functional groups attached to an aromatic ring is 1. The number of H-pyrrole nitrogens is 1. The predicted octanol–water partition coefficient (Wildman–Crippen LogP) is 2.02. The number of aromatic amines is 1. The van der Waals surface area contributed by atoms with E-state index in [9.17, 15) is 0 Å². The molecule has 1 aromatic heterocycles. The zero-order valence-corrected chi connectivity index (χ0v) is 10.7. The molecule has 1 heterocycles. The van der Waals surface area contributed by atoms with Gasteiger partial charge in [-0.25, -0.2) is 5.10 Å². The molecule has 18 heavy (non-hydrogen) atoms. The van der Waals surface area contributed by atoms with E-state index < -0.39 is 0 Å². The highest BCUT2D eigenvalue weighted by atomic mass is 15.3. The third-order valence-electron chi connectivity index (χ3n) is 5.29. The molecule has 0 spiro atoms. The Morgan fingerprint density at radius 1 is 1.17 bits per heavy atom. The van der Waals surface area contributed by atoms with Crippen LogP contribution < -0.4 is 11.1 Å². The summed E-state index contributed by atoms with van der Waals surface area (Å²) >= 11 is 0. The minimum Gasteiger partial charge on any atom is -0.368 e. The summed E-state index contributed by atoms with van der Waals surface area (Å²) < 4.78 is 0. The predicted molar refractivity (Wildman–Crippen MR) is 69.9 cm³/mol. The van der Waals surface area contributed by atoms with E-state index in [0.717, 1.165) is 24.3 Å². The first-order valence-corrected chi connectivity index (χ1v) is 7.13. The van der Waals surface area contributed by atoms with Crippen molar-refractivity contribution in [2.24, 2.45) is 23.2 Å². The van der Waals surface area contributed by atoms with Crippen molar-refractivity contribution in [3.8, 4) is 0 Å². The van der Waals surface area contributed by atoms with Crippen molar-refractivity contribution in [1.82, 2.24) is 15.2 Å². The van der Waals surface area contributed by atoms with Crippen molar-refractivity contribution in [2.45, 2.75) is 38.5 Å². The van der Waals surface area contributed by atoms with Crippen molar-refractivity contribution in [3.63, 3.8) is 0 Å². The second-order valence-electron chi connectivity index (χ2n) is 6.82. The Kier molecular flexibility index (Phi) is 2.14. The second kappa shape index (κ2) is 3.62. The first-order chi connectivity index (χ1) is 8.71. The molecule has 5 heteroatoms. The summed E-state index contributed by atoms with van der Waals surface area (Å²) in [5.74, 6) is 4.03. The van der Waals surface area contributed by atoms with E-state index in [1.165, 1.54) is 38.5 Å². The SMILES string of the molecule is Nc1nc(NCC23CC4CC(CC(C4)C2)C3)n[nH]1. The van der Waals surface area contributed by atoms with Crippen LogP contribution in [-0.2, 0) is 0 Å². The summed E-state index contributed by atoms with van der Waals surface area (Å²) in [6.07, 6.45) is 8.70. The lowest BCUT2D eigenvalue weighted by Gasteiger charge is -2.56. The zero-order valence-electron chi connectivity index (χ0n) is 10.7. The molecule has 0 aliphatic heterocycles. The Morgan fingerprint density at radius 2 is 1.78 bits per heavy atom. The quantitative estimate of drug-likeness (QED) is 0.763. The monoisotopic (exact) mass is 247 g/mol. The van der Waals surface area contributed by atoms with Crippen LogP contribution in [0.15, 0.2) is 0 Å². The fourth-order valence-corrected chi connectivity index (χ4v) is 5.13. The molecule has 0 atom stereocenters. The molecule has 4 fully saturated rings. The van der Waals surface area contributed by atoms with Crippen LogP contribution in [0.2, 0.25) is 0 Å². The molecule has 4 N–H and O–H groups in total. The van der Waals surface area contributed by atoms with E-state index in [0.29, 0.717) is 17.3 Å². The van der Waals surface area contributed by atoms with Crippen LogP contribution in [0.5, 0.6) is 0 Å². The average molecular weight is 247 g/mol. The van der Waals surface area contributed by atoms with Gasteiger partial charge in [0.05, 0.1) is 0 Å². The van der Waals surface area contributed by atoms with Crippen LogP contribution in [0.1, 0.15) is 38.5 Å². The third kappa shape index (κ3) is 1.68. The Balaban J connectivity index is 1.47. The first-order valence-electron chi connectivity index (χ1n) is 7.13. The van der Waals surface area contributed by atoms with Crippen molar-refractivity contribution in [2.75, 3.05) is 17.6 Å². The van der Waals surface area contributed by atoms with Gasteiger partial charge in [-0.1, -0.05) is 0 Å². The van der Waals surface area contributed by atoms with Crippen molar-refractivity contribution in [3.05, 3.63) is 0 Å². The number of hydrogen-bond donors (Lipinski definition) is 3. The van der Waals surface area contributed by atoms with Crippen molar-refractivity contribution in [1.29, 1.82) is 0 Å². The van der Waals surface area contributed by atoms with E-state index in [2.05, 4.69) is 20.5 Å². The molecule has 5 nitrogen and oxygen atoms in total. The van der Waals surface area contributed by atoms with Gasteiger partial charge in [-0.2, -0.15) is 4.98 Å². The van der Waals surface area contributed by atoms with E-state index in [4.69, 9.17) is 5.73 Å². The number of hydrogen-bond acceptors (Lipinski definition) is 4. The topological polar surface area (TPSA) is 79.6 Å². The second-order valence-corrected chi connectivity index (χ2v) is 6.82. The zero-order chi connectivity index (χ0) is 12.2. The normalized spacial score (nSPS) is 41.2. The highest BCUT2D eigenvalue weighted by molar-refractivity contribution is 5.30. The molecular weight excluding hydrogens is 226 g/mol. The fraction of sp³-hybridized carbons (Fsp3) is 0.846. The van der Waals surface area contributed by atoms with Gasteiger partial charge < -0.3 is 11.1 Å². The molecule has 0 unspecified atom stereocenters. The van der Waals surface area contributed by atoms with Gasteiger partial charge in [0.2, 0.25) is 11.9 Å². The number of rotatable bonds is 3. The highest BCUT2D eigenvalue weighted by Crippen LogP contribution is 2.59. The van der Waals surface area contributed by atoms with E-state index in [1.807, 2.05) is 0 Å². The van der Waals surface area contributed by atoms with E-state index in [1.54, 1.807) is 0 Å². The van der Waals surface area contributed by atoms with Gasteiger partial charge in [0.1, 0.15) is 0 Å². The van der Waals surface area contributed by atoms with Crippen LogP contribution >= 0.6 is 0 Å². The summed E-state index contributed by atoms with van der Waals surface area (Å²) in [4.78, 5) is 4.13. The lowest BCUT2D eigenvalue weighted by molar-refractivity contribution is -0.0445.